The Bertz CT molecular complexity index is 1530. The summed E-state index contributed by atoms with van der Waals surface area (Å²) in [6.07, 6.45) is 6.09. The summed E-state index contributed by atoms with van der Waals surface area (Å²) in [5, 5.41) is 3.71. The van der Waals surface area contributed by atoms with Gasteiger partial charge in [-0.25, -0.2) is 22.9 Å². The van der Waals surface area contributed by atoms with Gasteiger partial charge in [0, 0.05) is 63.5 Å². The van der Waals surface area contributed by atoms with Gasteiger partial charge in [0.1, 0.15) is 17.1 Å². The van der Waals surface area contributed by atoms with Crippen molar-refractivity contribution in [2.75, 3.05) is 42.8 Å². The summed E-state index contributed by atoms with van der Waals surface area (Å²) in [5.74, 6) is -0.827. The van der Waals surface area contributed by atoms with Crippen molar-refractivity contribution in [2.24, 2.45) is 13.0 Å². The van der Waals surface area contributed by atoms with Crippen LogP contribution in [0.4, 0.5) is 25.2 Å². The van der Waals surface area contributed by atoms with Crippen LogP contribution in [-0.4, -0.2) is 68.2 Å². The molecule has 5 rings (SSSR count). The molecule has 10 nitrogen and oxygen atoms in total. The molecule has 3 aromatic rings. The maximum Gasteiger partial charge on any atom is 0.410 e. The first kappa shape index (κ1) is 31.0. The van der Waals surface area contributed by atoms with E-state index in [0.29, 0.717) is 42.5 Å². The van der Waals surface area contributed by atoms with Crippen molar-refractivity contribution in [3.05, 3.63) is 46.4 Å². The van der Waals surface area contributed by atoms with Gasteiger partial charge in [0.05, 0.1) is 16.8 Å². The van der Waals surface area contributed by atoms with Gasteiger partial charge in [0.25, 0.3) is 5.56 Å². The normalized spacial score (nSPS) is 16.6. The Kier molecular flexibility index (Phi) is 9.40. The van der Waals surface area contributed by atoms with Crippen LogP contribution in [0.2, 0.25) is 0 Å². The highest BCUT2D eigenvalue weighted by molar-refractivity contribution is 7.98. The quantitative estimate of drug-likeness (QED) is 0.305. The van der Waals surface area contributed by atoms with E-state index < -0.39 is 22.8 Å². The molecule has 0 unspecified atom stereocenters. The molecule has 2 fully saturated rings. The number of nitrogens with one attached hydrogen (secondary N) is 2. The zero-order valence-electron chi connectivity index (χ0n) is 25.1. The molecular weight excluding hydrogens is 576 g/mol. The van der Waals surface area contributed by atoms with E-state index in [1.165, 1.54) is 41.9 Å². The van der Waals surface area contributed by atoms with Crippen LogP contribution in [0.1, 0.15) is 52.9 Å². The molecule has 2 saturated heterocycles. The van der Waals surface area contributed by atoms with Crippen LogP contribution in [0.15, 0.2) is 29.2 Å². The second-order valence-electron chi connectivity index (χ2n) is 12.1. The third kappa shape index (κ3) is 7.38. The fraction of sp³-hybridized carbons (Fsp3) is 0.533. The van der Waals surface area contributed by atoms with Gasteiger partial charge in [0.2, 0.25) is 5.95 Å². The highest BCUT2D eigenvalue weighted by Crippen LogP contribution is 2.32. The first-order valence-corrected chi connectivity index (χ1v) is 15.5. The standard InChI is InChI=1S/C30H39F2N7O3S/c1-30(2,3)42-29(41)38-15-10-19(11-16-38)9-12-33-28-34-18-20-17-21(27(40)37(4)26(20)35-28)24-22(31)7-8-23(25(24)32)36-43-39-13-5-6-14-39/h7-8,17-19,36H,5-6,9-16H2,1-4H3,(H,33,34,35). The van der Waals surface area contributed by atoms with Crippen molar-refractivity contribution >= 4 is 40.9 Å². The van der Waals surface area contributed by atoms with Gasteiger partial charge in [-0.1, -0.05) is 0 Å². The third-order valence-electron chi connectivity index (χ3n) is 7.76. The van der Waals surface area contributed by atoms with Crippen molar-refractivity contribution in [3.63, 3.8) is 0 Å². The lowest BCUT2D eigenvalue weighted by atomic mass is 9.94. The average molecular weight is 616 g/mol. The van der Waals surface area contributed by atoms with Crippen LogP contribution in [-0.2, 0) is 11.8 Å². The molecule has 2 N–H and O–H groups in total. The molecule has 1 aromatic carbocycles. The van der Waals surface area contributed by atoms with Crippen molar-refractivity contribution in [2.45, 2.75) is 58.5 Å². The Morgan fingerprint density at radius 3 is 2.56 bits per heavy atom. The summed E-state index contributed by atoms with van der Waals surface area (Å²) >= 11 is 1.28. The number of aromatic nitrogens is 3. The number of pyridine rings is 1. The fourth-order valence-electron chi connectivity index (χ4n) is 5.40. The topological polar surface area (TPSA) is 105 Å². The van der Waals surface area contributed by atoms with E-state index in [9.17, 15) is 14.0 Å². The van der Waals surface area contributed by atoms with Gasteiger partial charge in [0.15, 0.2) is 5.82 Å². The van der Waals surface area contributed by atoms with Crippen LogP contribution in [0, 0.1) is 17.6 Å². The molecule has 0 radical (unpaired) electrons. The number of fused-ring (bicyclic) bond motifs is 1. The monoisotopic (exact) mass is 615 g/mol. The minimum atomic E-state index is -0.820. The Morgan fingerprint density at radius 1 is 1.14 bits per heavy atom. The first-order valence-electron chi connectivity index (χ1n) is 14.7. The van der Waals surface area contributed by atoms with Gasteiger partial charge in [-0.05, 0) is 77.0 Å². The lowest BCUT2D eigenvalue weighted by Gasteiger charge is -2.33. The Balaban J connectivity index is 1.24. The molecule has 13 heteroatoms. The molecule has 2 aliphatic rings. The second-order valence-corrected chi connectivity index (χ2v) is 13.0. The minimum Gasteiger partial charge on any atom is -0.444 e. The number of anilines is 2. The van der Waals surface area contributed by atoms with Crippen molar-refractivity contribution < 1.29 is 18.3 Å². The predicted molar refractivity (Wildman–Crippen MR) is 166 cm³/mol. The van der Waals surface area contributed by atoms with Gasteiger partial charge < -0.3 is 19.7 Å². The molecule has 0 atom stereocenters. The molecule has 43 heavy (non-hydrogen) atoms. The first-order chi connectivity index (χ1) is 20.5. The minimum absolute atomic E-state index is 0.0955. The SMILES string of the molecule is Cn1c(=O)c(-c2c(F)ccc(NSN3CCCC3)c2F)cc2cnc(NCCC3CCN(C(=O)OC(C)(C)C)CC3)nc21. The summed E-state index contributed by atoms with van der Waals surface area (Å²) in [4.78, 5) is 36.3. The summed E-state index contributed by atoms with van der Waals surface area (Å²) in [6.45, 7) is 9.32. The number of rotatable bonds is 8. The highest BCUT2D eigenvalue weighted by Gasteiger charge is 2.27. The number of aryl methyl sites for hydroxylation is 1. The lowest BCUT2D eigenvalue weighted by molar-refractivity contribution is 0.0182. The Labute approximate surface area is 254 Å². The number of carbonyl (C=O) groups is 1. The van der Waals surface area contributed by atoms with Gasteiger partial charge in [-0.2, -0.15) is 4.98 Å². The fourth-order valence-corrected chi connectivity index (χ4v) is 6.23. The van der Waals surface area contributed by atoms with Crippen molar-refractivity contribution in [3.8, 4) is 11.1 Å². The summed E-state index contributed by atoms with van der Waals surface area (Å²) in [5.41, 5.74) is -1.07. The second kappa shape index (κ2) is 13.0. The number of halogens is 2. The molecule has 0 aliphatic carbocycles. The zero-order chi connectivity index (χ0) is 30.7. The largest absolute Gasteiger partial charge is 0.444 e. The van der Waals surface area contributed by atoms with Crippen molar-refractivity contribution in [1.82, 2.24) is 23.7 Å². The molecule has 2 aromatic heterocycles. The number of hydrogen-bond acceptors (Lipinski definition) is 9. The maximum atomic E-state index is 15.5. The van der Waals surface area contributed by atoms with Crippen LogP contribution in [0.25, 0.3) is 22.2 Å². The van der Waals surface area contributed by atoms with Gasteiger partial charge in [-0.3, -0.25) is 9.36 Å². The molecule has 1 amide bonds. The highest BCUT2D eigenvalue weighted by atomic mass is 32.2. The van der Waals surface area contributed by atoms with Crippen molar-refractivity contribution in [1.29, 1.82) is 0 Å². The van der Waals surface area contributed by atoms with Crippen LogP contribution >= 0.6 is 12.1 Å². The number of carbonyl (C=O) groups excluding carboxylic acids is 1. The van der Waals surface area contributed by atoms with E-state index in [0.717, 1.165) is 45.2 Å². The molecule has 0 bridgehead atoms. The summed E-state index contributed by atoms with van der Waals surface area (Å²) < 4.78 is 42.3. The lowest BCUT2D eigenvalue weighted by Crippen LogP contribution is -2.41. The molecule has 4 heterocycles. The Hall–Kier alpha value is -3.45. The van der Waals surface area contributed by atoms with E-state index in [-0.39, 0.29) is 22.9 Å². The van der Waals surface area contributed by atoms with Crippen LogP contribution < -0.4 is 15.6 Å². The number of piperidine rings is 1. The molecule has 232 valence electrons. The number of amides is 1. The Morgan fingerprint density at radius 2 is 1.86 bits per heavy atom. The third-order valence-corrected chi connectivity index (χ3v) is 8.70. The van der Waals surface area contributed by atoms with E-state index >= 15 is 4.39 Å². The van der Waals surface area contributed by atoms with Crippen LogP contribution in [0.5, 0.6) is 0 Å². The van der Waals surface area contributed by atoms with E-state index in [1.807, 2.05) is 20.8 Å². The zero-order valence-corrected chi connectivity index (χ0v) is 25.9. The average Bonchev–Trinajstić information content (AvgIpc) is 3.49. The van der Waals surface area contributed by atoms with E-state index in [4.69, 9.17) is 4.74 Å². The van der Waals surface area contributed by atoms with Crippen LogP contribution in [0.3, 0.4) is 0 Å². The number of hydrogen-bond donors (Lipinski definition) is 2. The summed E-state index contributed by atoms with van der Waals surface area (Å²) in [7, 11) is 1.53. The number of nitrogens with zero attached hydrogens (tertiary/aromatic N) is 5. The smallest absolute Gasteiger partial charge is 0.410 e. The summed E-state index contributed by atoms with van der Waals surface area (Å²) in [6, 6.07) is 3.95. The number of likely N-dealkylation sites (tertiary alicyclic amines) is 1. The molecule has 0 spiro atoms. The van der Waals surface area contributed by atoms with Gasteiger partial charge >= 0.3 is 6.09 Å². The van der Waals surface area contributed by atoms with E-state index in [2.05, 4.69) is 24.3 Å². The van der Waals surface area contributed by atoms with E-state index in [1.54, 1.807) is 11.1 Å². The molecular formula is C30H39F2N7O3S. The predicted octanol–water partition coefficient (Wildman–Crippen LogP) is 5.79. The van der Waals surface area contributed by atoms with Gasteiger partial charge in [-0.15, -0.1) is 0 Å². The molecule has 0 saturated carbocycles. The molecule has 2 aliphatic heterocycles. The number of ether oxygens (including phenoxy) is 1. The number of benzene rings is 1. The maximum absolute atomic E-state index is 15.5.